The zero-order chi connectivity index (χ0) is 19.2. The monoisotopic (exact) mass is 346 g/mol. The topological polar surface area (TPSA) is 121 Å². The SMILES string of the molecule is CO[C@@H]([C@@H](C)[C@H](O)[C@H](C)[C@@H](O)[C@H](C)C=O)[C@@H](C)C(=O)[C@H](C)C(=O)O. The standard InChI is InChI=1S/C17H30O7/c1-8(7-18)13(19)9(2)14(20)10(3)16(24-6)11(4)15(21)12(5)17(22)23/h7-14,16,19-20H,1-6H3,(H,22,23)/t8-,9-,10+,11+,12+,13+,14-,16+/m1/s1. The Hall–Kier alpha value is -1.31. The van der Waals surface area contributed by atoms with Gasteiger partial charge in [0.25, 0.3) is 0 Å². The highest BCUT2D eigenvalue weighted by Gasteiger charge is 2.39. The molecule has 0 fully saturated rings. The molecule has 7 heteroatoms. The van der Waals surface area contributed by atoms with Crippen molar-refractivity contribution in [2.24, 2.45) is 29.6 Å². The molecule has 0 saturated carbocycles. The van der Waals surface area contributed by atoms with Gasteiger partial charge in [0.2, 0.25) is 0 Å². The van der Waals surface area contributed by atoms with Gasteiger partial charge >= 0.3 is 5.97 Å². The number of ketones is 1. The number of ether oxygens (including phenoxy) is 1. The second kappa shape index (κ2) is 9.86. The van der Waals surface area contributed by atoms with Crippen molar-refractivity contribution in [2.45, 2.75) is 52.9 Å². The minimum absolute atomic E-state index is 0.483. The van der Waals surface area contributed by atoms with Crippen molar-refractivity contribution in [1.82, 2.24) is 0 Å². The van der Waals surface area contributed by atoms with Crippen molar-refractivity contribution in [2.75, 3.05) is 7.11 Å². The first kappa shape index (κ1) is 22.7. The van der Waals surface area contributed by atoms with E-state index < -0.39 is 59.7 Å². The first-order valence-corrected chi connectivity index (χ1v) is 8.11. The largest absolute Gasteiger partial charge is 0.481 e. The maximum atomic E-state index is 12.2. The van der Waals surface area contributed by atoms with Gasteiger partial charge in [-0.2, -0.15) is 0 Å². The molecule has 0 spiro atoms. The molecule has 0 radical (unpaired) electrons. The number of methoxy groups -OCH3 is 1. The minimum atomic E-state index is -1.21. The minimum Gasteiger partial charge on any atom is -0.481 e. The molecule has 140 valence electrons. The van der Waals surface area contributed by atoms with Crippen LogP contribution in [0.5, 0.6) is 0 Å². The Morgan fingerprint density at radius 3 is 1.83 bits per heavy atom. The van der Waals surface area contributed by atoms with Crippen LogP contribution in [0, 0.1) is 29.6 Å². The van der Waals surface area contributed by atoms with Crippen LogP contribution in [0.15, 0.2) is 0 Å². The molecule has 0 saturated heterocycles. The maximum Gasteiger partial charge on any atom is 0.313 e. The van der Waals surface area contributed by atoms with E-state index in [0.717, 1.165) is 0 Å². The number of Topliss-reactive ketones (excluding diaryl/α,β-unsaturated/α-hetero) is 1. The summed E-state index contributed by atoms with van der Waals surface area (Å²) in [5.74, 6) is -5.38. The van der Waals surface area contributed by atoms with Crippen LogP contribution in [0.1, 0.15) is 34.6 Å². The van der Waals surface area contributed by atoms with Crippen LogP contribution < -0.4 is 0 Å². The lowest BCUT2D eigenvalue weighted by Gasteiger charge is -2.36. The normalized spacial score (nSPS) is 21.7. The molecule has 24 heavy (non-hydrogen) atoms. The molecule has 0 aliphatic heterocycles. The van der Waals surface area contributed by atoms with Crippen LogP contribution in [0.25, 0.3) is 0 Å². The molecular weight excluding hydrogens is 316 g/mol. The zero-order valence-electron chi connectivity index (χ0n) is 15.2. The summed E-state index contributed by atoms with van der Waals surface area (Å²) >= 11 is 0. The summed E-state index contributed by atoms with van der Waals surface area (Å²) in [6, 6.07) is 0. The van der Waals surface area contributed by atoms with E-state index in [1.165, 1.54) is 14.0 Å². The summed E-state index contributed by atoms with van der Waals surface area (Å²) in [6.45, 7) is 7.72. The van der Waals surface area contributed by atoms with E-state index in [1.807, 2.05) is 0 Å². The molecule has 0 aromatic heterocycles. The molecule has 0 aliphatic rings. The Bertz CT molecular complexity index is 437. The number of aldehydes is 1. The van der Waals surface area contributed by atoms with Crippen LogP contribution >= 0.6 is 0 Å². The molecule has 0 rings (SSSR count). The molecular formula is C17H30O7. The third-order valence-corrected chi connectivity index (χ3v) is 4.90. The Morgan fingerprint density at radius 1 is 0.958 bits per heavy atom. The maximum absolute atomic E-state index is 12.2. The first-order chi connectivity index (χ1) is 11.0. The van der Waals surface area contributed by atoms with Gasteiger partial charge < -0.3 is 24.9 Å². The number of hydrogen-bond donors (Lipinski definition) is 3. The van der Waals surface area contributed by atoms with Crippen LogP contribution in [-0.2, 0) is 19.1 Å². The Morgan fingerprint density at radius 2 is 1.46 bits per heavy atom. The van der Waals surface area contributed by atoms with Crippen molar-refractivity contribution < 1.29 is 34.4 Å². The van der Waals surface area contributed by atoms with E-state index in [4.69, 9.17) is 9.84 Å². The Labute approximate surface area is 143 Å². The highest BCUT2D eigenvalue weighted by Crippen LogP contribution is 2.28. The van der Waals surface area contributed by atoms with Gasteiger partial charge in [0.1, 0.15) is 12.2 Å². The molecule has 8 atom stereocenters. The number of carboxylic acids is 1. The van der Waals surface area contributed by atoms with Crippen LogP contribution in [0.3, 0.4) is 0 Å². The molecule has 0 aromatic rings. The van der Waals surface area contributed by atoms with E-state index in [1.54, 1.807) is 27.7 Å². The number of aliphatic hydroxyl groups is 2. The van der Waals surface area contributed by atoms with E-state index in [2.05, 4.69) is 0 Å². The average Bonchev–Trinajstić information content (AvgIpc) is 2.57. The van der Waals surface area contributed by atoms with Crippen LogP contribution in [0.4, 0.5) is 0 Å². The molecule has 0 heterocycles. The predicted octanol–water partition coefficient (Wildman–Crippen LogP) is 0.756. The van der Waals surface area contributed by atoms with Crippen molar-refractivity contribution in [3.8, 4) is 0 Å². The van der Waals surface area contributed by atoms with Gasteiger partial charge in [-0.15, -0.1) is 0 Å². The summed E-state index contributed by atoms with van der Waals surface area (Å²) in [6.07, 6.45) is -2.15. The highest BCUT2D eigenvalue weighted by molar-refractivity contribution is 5.99. The lowest BCUT2D eigenvalue weighted by molar-refractivity contribution is -0.149. The summed E-state index contributed by atoms with van der Waals surface area (Å²) in [4.78, 5) is 34.0. The number of aliphatic hydroxyl groups excluding tert-OH is 2. The van der Waals surface area contributed by atoms with Gasteiger partial charge in [0, 0.05) is 30.8 Å². The van der Waals surface area contributed by atoms with Crippen LogP contribution in [0.2, 0.25) is 0 Å². The molecule has 0 unspecified atom stereocenters. The summed E-state index contributed by atoms with van der Waals surface area (Å²) in [7, 11) is 1.39. The van der Waals surface area contributed by atoms with Gasteiger partial charge in [-0.05, 0) is 6.92 Å². The van der Waals surface area contributed by atoms with Crippen molar-refractivity contribution in [3.05, 3.63) is 0 Å². The summed E-state index contributed by atoms with van der Waals surface area (Å²) in [5.41, 5.74) is 0. The number of carboxylic acid groups (broad SMARTS) is 1. The second-order valence-electron chi connectivity index (χ2n) is 6.65. The van der Waals surface area contributed by atoms with Gasteiger partial charge in [-0.1, -0.05) is 27.7 Å². The fourth-order valence-electron chi connectivity index (χ4n) is 2.99. The lowest BCUT2D eigenvalue weighted by atomic mass is 9.78. The summed E-state index contributed by atoms with van der Waals surface area (Å²) in [5, 5.41) is 29.6. The van der Waals surface area contributed by atoms with Gasteiger partial charge in [-0.3, -0.25) is 9.59 Å². The molecule has 3 N–H and O–H groups in total. The lowest BCUT2D eigenvalue weighted by Crippen LogP contribution is -2.46. The number of aliphatic carboxylic acids is 1. The third-order valence-electron chi connectivity index (χ3n) is 4.90. The smallest absolute Gasteiger partial charge is 0.313 e. The Kier molecular flexibility index (Phi) is 9.32. The van der Waals surface area contributed by atoms with E-state index in [0.29, 0.717) is 6.29 Å². The third kappa shape index (κ3) is 5.36. The number of rotatable bonds is 11. The van der Waals surface area contributed by atoms with E-state index >= 15 is 0 Å². The molecule has 7 nitrogen and oxygen atoms in total. The van der Waals surface area contributed by atoms with Gasteiger partial charge in [-0.25, -0.2) is 0 Å². The zero-order valence-corrected chi connectivity index (χ0v) is 15.2. The molecule has 0 aromatic carbocycles. The fourth-order valence-corrected chi connectivity index (χ4v) is 2.99. The summed E-state index contributed by atoms with van der Waals surface area (Å²) < 4.78 is 5.34. The quantitative estimate of drug-likeness (QED) is 0.373. The fraction of sp³-hybridized carbons (Fsp3) is 0.824. The van der Waals surface area contributed by atoms with E-state index in [-0.39, 0.29) is 0 Å². The van der Waals surface area contributed by atoms with E-state index in [9.17, 15) is 24.6 Å². The Balaban J connectivity index is 5.19. The van der Waals surface area contributed by atoms with Crippen LogP contribution in [-0.4, -0.2) is 58.8 Å². The van der Waals surface area contributed by atoms with Crippen molar-refractivity contribution in [3.63, 3.8) is 0 Å². The van der Waals surface area contributed by atoms with Crippen molar-refractivity contribution >= 4 is 18.0 Å². The molecule has 0 bridgehead atoms. The van der Waals surface area contributed by atoms with Gasteiger partial charge in [0.15, 0.2) is 5.78 Å². The highest BCUT2D eigenvalue weighted by atomic mass is 16.5. The number of hydrogen-bond acceptors (Lipinski definition) is 6. The second-order valence-corrected chi connectivity index (χ2v) is 6.65. The van der Waals surface area contributed by atoms with Crippen molar-refractivity contribution in [1.29, 1.82) is 0 Å². The molecule has 0 aliphatic carbocycles. The number of carbonyl (C=O) groups excluding carboxylic acids is 2. The van der Waals surface area contributed by atoms with Gasteiger partial charge in [0.05, 0.1) is 18.3 Å². The first-order valence-electron chi connectivity index (χ1n) is 8.11. The number of carbonyl (C=O) groups is 3. The average molecular weight is 346 g/mol. The molecule has 0 amide bonds. The predicted molar refractivity (Wildman–Crippen MR) is 87.3 cm³/mol.